The number of carbonyl (C=O) groups is 1. The van der Waals surface area contributed by atoms with Gasteiger partial charge in [-0.2, -0.15) is 0 Å². The van der Waals surface area contributed by atoms with E-state index in [0.717, 1.165) is 0 Å². The van der Waals surface area contributed by atoms with Gasteiger partial charge in [-0.3, -0.25) is 4.21 Å². The Kier molecular flexibility index (Phi) is 6.63. The monoisotopic (exact) mass is 276 g/mol. The summed E-state index contributed by atoms with van der Waals surface area (Å²) in [5, 5.41) is 8.84. The van der Waals surface area contributed by atoms with Gasteiger partial charge >= 0.3 is 5.97 Å². The van der Waals surface area contributed by atoms with Crippen LogP contribution in [-0.4, -0.2) is 48.0 Å². The second-order valence-corrected chi connectivity index (χ2v) is 4.93. The molecule has 0 radical (unpaired) electrons. The fraction of sp³-hybridized carbons (Fsp3) is 0.545. The van der Waals surface area contributed by atoms with Crippen LogP contribution in [-0.2, 0) is 20.3 Å². The lowest BCUT2D eigenvalue weighted by atomic mass is 10.5. The average molecular weight is 276 g/mol. The summed E-state index contributed by atoms with van der Waals surface area (Å²) in [5.74, 6) is -0.990. The van der Waals surface area contributed by atoms with Gasteiger partial charge in [-0.05, 0) is 18.6 Å². The first kappa shape index (κ1) is 14.9. The highest BCUT2D eigenvalue weighted by atomic mass is 32.2. The van der Waals surface area contributed by atoms with E-state index in [1.165, 1.54) is 12.1 Å². The van der Waals surface area contributed by atoms with Gasteiger partial charge in [-0.15, -0.1) is 0 Å². The van der Waals surface area contributed by atoms with E-state index in [1.807, 2.05) is 0 Å². The van der Waals surface area contributed by atoms with E-state index in [1.54, 1.807) is 7.11 Å². The van der Waals surface area contributed by atoms with Crippen LogP contribution < -0.4 is 0 Å². The van der Waals surface area contributed by atoms with Crippen LogP contribution in [0.2, 0.25) is 0 Å². The Bertz CT molecular complexity index is 400. The van der Waals surface area contributed by atoms with Crippen LogP contribution in [0.5, 0.6) is 0 Å². The highest BCUT2D eigenvalue weighted by Crippen LogP contribution is 2.13. The Balaban J connectivity index is 2.25. The first-order valence-electron chi connectivity index (χ1n) is 5.43. The molecular weight excluding hydrogens is 260 g/mol. The van der Waals surface area contributed by atoms with Crippen LogP contribution in [0.25, 0.3) is 0 Å². The highest BCUT2D eigenvalue weighted by molar-refractivity contribution is 7.84. The molecule has 0 aliphatic rings. The lowest BCUT2D eigenvalue weighted by molar-refractivity contribution is 0.0656. The molecule has 18 heavy (non-hydrogen) atoms. The average Bonchev–Trinajstić information content (AvgIpc) is 2.83. The SMILES string of the molecule is COCCOCCCS(=O)c1ccc(C(=O)O)o1. The fourth-order valence-electron chi connectivity index (χ4n) is 1.19. The van der Waals surface area contributed by atoms with E-state index in [2.05, 4.69) is 0 Å². The van der Waals surface area contributed by atoms with Crippen LogP contribution in [0.15, 0.2) is 21.6 Å². The maximum Gasteiger partial charge on any atom is 0.371 e. The van der Waals surface area contributed by atoms with E-state index in [-0.39, 0.29) is 10.9 Å². The minimum Gasteiger partial charge on any atom is -0.475 e. The molecule has 1 rings (SSSR count). The van der Waals surface area contributed by atoms with Crippen molar-refractivity contribution < 1.29 is 28.0 Å². The summed E-state index contributed by atoms with van der Waals surface area (Å²) in [6, 6.07) is 2.72. The van der Waals surface area contributed by atoms with Gasteiger partial charge < -0.3 is 19.0 Å². The Labute approximate surface area is 107 Å². The molecule has 1 heterocycles. The summed E-state index contributed by atoms with van der Waals surface area (Å²) in [5.41, 5.74) is 0. The van der Waals surface area contributed by atoms with Crippen LogP contribution in [0.1, 0.15) is 17.0 Å². The number of hydrogen-bond acceptors (Lipinski definition) is 5. The zero-order valence-corrected chi connectivity index (χ0v) is 10.9. The molecule has 6 nitrogen and oxygen atoms in total. The van der Waals surface area contributed by atoms with Crippen LogP contribution in [0.3, 0.4) is 0 Å². The number of carboxylic acids is 1. The molecule has 102 valence electrons. The number of aromatic carboxylic acids is 1. The molecule has 0 aliphatic heterocycles. The first-order valence-corrected chi connectivity index (χ1v) is 6.75. The molecule has 1 N–H and O–H groups in total. The van der Waals surface area contributed by atoms with Gasteiger partial charge in [-0.25, -0.2) is 4.79 Å². The van der Waals surface area contributed by atoms with Gasteiger partial charge in [0, 0.05) is 19.5 Å². The van der Waals surface area contributed by atoms with Gasteiger partial charge in [-0.1, -0.05) is 0 Å². The zero-order chi connectivity index (χ0) is 13.4. The van der Waals surface area contributed by atoms with Crippen LogP contribution in [0.4, 0.5) is 0 Å². The Morgan fingerprint density at radius 1 is 1.39 bits per heavy atom. The molecule has 0 fully saturated rings. The summed E-state index contributed by atoms with van der Waals surface area (Å²) in [6.07, 6.45) is 0.611. The van der Waals surface area contributed by atoms with E-state index in [9.17, 15) is 9.00 Å². The number of rotatable bonds is 9. The molecule has 1 atom stereocenters. The van der Waals surface area contributed by atoms with Gasteiger partial charge in [0.05, 0.1) is 24.0 Å². The normalized spacial score (nSPS) is 12.5. The van der Waals surface area contributed by atoms with Gasteiger partial charge in [0.25, 0.3) is 0 Å². The Morgan fingerprint density at radius 3 is 2.78 bits per heavy atom. The van der Waals surface area contributed by atoms with Crippen molar-refractivity contribution in [3.8, 4) is 0 Å². The molecule has 0 saturated heterocycles. The predicted octanol–water partition coefficient (Wildman–Crippen LogP) is 1.14. The zero-order valence-electron chi connectivity index (χ0n) is 10.1. The standard InChI is InChI=1S/C11H16O6S/c1-15-6-7-16-5-2-8-18(14)10-4-3-9(17-10)11(12)13/h3-4H,2,5-8H2,1H3,(H,12,13). The van der Waals surface area contributed by atoms with Gasteiger partial charge in [0.15, 0.2) is 5.09 Å². The summed E-state index contributed by atoms with van der Waals surface area (Å²) < 4.78 is 26.7. The number of furan rings is 1. The van der Waals surface area contributed by atoms with Crippen molar-refractivity contribution in [1.82, 2.24) is 0 Å². The number of hydrogen-bond donors (Lipinski definition) is 1. The van der Waals surface area contributed by atoms with Crippen molar-refractivity contribution in [2.45, 2.75) is 11.5 Å². The first-order chi connectivity index (χ1) is 8.65. The van der Waals surface area contributed by atoms with Crippen LogP contribution in [0, 0.1) is 0 Å². The number of ether oxygens (including phenoxy) is 2. The molecular formula is C11H16O6S. The third-order valence-electron chi connectivity index (χ3n) is 2.07. The quantitative estimate of drug-likeness (QED) is 0.681. The molecule has 1 aromatic heterocycles. The topological polar surface area (TPSA) is 86.0 Å². The molecule has 0 saturated carbocycles. The smallest absolute Gasteiger partial charge is 0.371 e. The second-order valence-electron chi connectivity index (χ2n) is 3.43. The lowest BCUT2D eigenvalue weighted by Crippen LogP contribution is -2.06. The largest absolute Gasteiger partial charge is 0.475 e. The molecule has 0 aromatic carbocycles. The Hall–Kier alpha value is -1.18. The fourth-order valence-corrected chi connectivity index (χ4v) is 2.18. The minimum absolute atomic E-state index is 0.185. The van der Waals surface area contributed by atoms with Crippen molar-refractivity contribution in [2.24, 2.45) is 0 Å². The maximum atomic E-state index is 11.7. The van der Waals surface area contributed by atoms with E-state index in [4.69, 9.17) is 19.0 Å². The van der Waals surface area contributed by atoms with Crippen molar-refractivity contribution >= 4 is 16.8 Å². The third kappa shape index (κ3) is 4.99. The van der Waals surface area contributed by atoms with E-state index >= 15 is 0 Å². The predicted molar refractivity (Wildman–Crippen MR) is 64.3 cm³/mol. The molecule has 7 heteroatoms. The summed E-state index contributed by atoms with van der Waals surface area (Å²) >= 11 is 0. The van der Waals surface area contributed by atoms with Crippen LogP contribution >= 0.6 is 0 Å². The summed E-state index contributed by atoms with van der Waals surface area (Å²) in [7, 11) is 0.265. The molecule has 0 amide bonds. The minimum atomic E-state index is -1.33. The Morgan fingerprint density at radius 2 is 2.17 bits per heavy atom. The molecule has 0 spiro atoms. The van der Waals surface area contributed by atoms with Crippen molar-refractivity contribution in [1.29, 1.82) is 0 Å². The summed E-state index contributed by atoms with van der Waals surface area (Å²) in [4.78, 5) is 10.6. The molecule has 1 unspecified atom stereocenters. The second kappa shape index (κ2) is 8.02. The maximum absolute atomic E-state index is 11.7. The van der Waals surface area contributed by atoms with Crippen molar-refractivity contribution in [3.05, 3.63) is 17.9 Å². The number of methoxy groups -OCH3 is 1. The highest BCUT2D eigenvalue weighted by Gasteiger charge is 2.13. The van der Waals surface area contributed by atoms with Gasteiger partial charge in [0.1, 0.15) is 0 Å². The van der Waals surface area contributed by atoms with E-state index in [0.29, 0.717) is 32.0 Å². The number of carboxylic acid groups (broad SMARTS) is 1. The molecule has 0 aliphatic carbocycles. The molecule has 0 bridgehead atoms. The summed E-state index contributed by atoms with van der Waals surface area (Å²) in [6.45, 7) is 1.53. The van der Waals surface area contributed by atoms with E-state index < -0.39 is 16.8 Å². The van der Waals surface area contributed by atoms with Gasteiger partial charge in [0.2, 0.25) is 5.76 Å². The molecule has 1 aromatic rings. The van der Waals surface area contributed by atoms with Crippen molar-refractivity contribution in [3.63, 3.8) is 0 Å². The third-order valence-corrected chi connectivity index (χ3v) is 3.39. The lowest BCUT2D eigenvalue weighted by Gasteiger charge is -2.02. The van der Waals surface area contributed by atoms with Crippen molar-refractivity contribution in [2.75, 3.05) is 32.7 Å².